The Kier molecular flexibility index (Phi) is 5.25. The Balaban J connectivity index is 1.55. The number of fused-ring (bicyclic) bond motifs is 1. The number of carbonyl (C=O) groups excluding carboxylic acids is 2. The van der Waals surface area contributed by atoms with Gasteiger partial charge in [0.1, 0.15) is 5.52 Å². The summed E-state index contributed by atoms with van der Waals surface area (Å²) in [6, 6.07) is 8.33. The van der Waals surface area contributed by atoms with Gasteiger partial charge in [-0.3, -0.25) is 19.7 Å². The van der Waals surface area contributed by atoms with Gasteiger partial charge in [0.2, 0.25) is 5.88 Å². The molecule has 1 amide bonds. The number of carbonyl (C=O) groups is 2. The normalized spacial score (nSPS) is 11.9. The summed E-state index contributed by atoms with van der Waals surface area (Å²) in [5.74, 6) is -1.03. The first-order valence-corrected chi connectivity index (χ1v) is 8.20. The molecule has 0 aliphatic carbocycles. The van der Waals surface area contributed by atoms with Crippen LogP contribution >= 0.6 is 0 Å². The van der Waals surface area contributed by atoms with Gasteiger partial charge >= 0.3 is 5.97 Å². The summed E-state index contributed by atoms with van der Waals surface area (Å²) in [5, 5.41) is 14.2. The molecule has 2 aromatic heterocycles. The number of aromatic nitrogens is 4. The molecular weight excluding hydrogens is 354 g/mol. The highest BCUT2D eigenvalue weighted by Crippen LogP contribution is 2.09. The second kappa shape index (κ2) is 7.77. The Morgan fingerprint density at radius 2 is 2.11 bits per heavy atom. The van der Waals surface area contributed by atoms with Crippen LogP contribution in [0.15, 0.2) is 39.6 Å². The maximum absolute atomic E-state index is 12.3. The van der Waals surface area contributed by atoms with E-state index in [0.717, 1.165) is 4.68 Å². The predicted molar refractivity (Wildman–Crippen MR) is 93.8 cm³/mol. The molecule has 140 valence electrons. The van der Waals surface area contributed by atoms with Gasteiger partial charge < -0.3 is 9.26 Å². The smallest absolute Gasteiger partial charge is 0.308 e. The van der Waals surface area contributed by atoms with E-state index in [1.165, 1.54) is 13.0 Å². The van der Waals surface area contributed by atoms with E-state index >= 15 is 0 Å². The van der Waals surface area contributed by atoms with Crippen LogP contribution in [0.4, 0.5) is 5.88 Å². The second-order valence-corrected chi connectivity index (χ2v) is 5.84. The number of ether oxygens (including phenoxy) is 1. The number of esters is 1. The van der Waals surface area contributed by atoms with Crippen LogP contribution in [-0.2, 0) is 20.9 Å². The standard InChI is InChI=1S/C17H17N5O5/c1-10-9-14(27-20-10)18-16(24)11(2)26-15(23)7-8-22-17(25)12-5-3-4-6-13(12)19-21-22/h3-6,9,11H,7-8H2,1-2H3,(H,18,24). The lowest BCUT2D eigenvalue weighted by molar-refractivity contribution is -0.153. The predicted octanol–water partition coefficient (Wildman–Crippen LogP) is 1.05. The maximum atomic E-state index is 12.3. The third-order valence-corrected chi connectivity index (χ3v) is 3.71. The van der Waals surface area contributed by atoms with Gasteiger partial charge in [-0.15, -0.1) is 5.10 Å². The van der Waals surface area contributed by atoms with Crippen molar-refractivity contribution in [3.05, 3.63) is 46.4 Å². The van der Waals surface area contributed by atoms with Crippen molar-refractivity contribution in [2.24, 2.45) is 0 Å². The van der Waals surface area contributed by atoms with E-state index in [9.17, 15) is 14.4 Å². The molecule has 0 saturated carbocycles. The van der Waals surface area contributed by atoms with Crippen molar-refractivity contribution < 1.29 is 18.8 Å². The van der Waals surface area contributed by atoms with E-state index < -0.39 is 18.0 Å². The highest BCUT2D eigenvalue weighted by molar-refractivity contribution is 5.94. The van der Waals surface area contributed by atoms with Crippen molar-refractivity contribution in [2.75, 3.05) is 5.32 Å². The number of nitrogens with zero attached hydrogens (tertiary/aromatic N) is 4. The number of rotatable bonds is 6. The maximum Gasteiger partial charge on any atom is 0.308 e. The largest absolute Gasteiger partial charge is 0.452 e. The lowest BCUT2D eigenvalue weighted by Crippen LogP contribution is -2.31. The lowest BCUT2D eigenvalue weighted by Gasteiger charge is -2.12. The van der Waals surface area contributed by atoms with Gasteiger partial charge in [0.15, 0.2) is 6.10 Å². The fourth-order valence-electron chi connectivity index (χ4n) is 2.32. The van der Waals surface area contributed by atoms with Crippen LogP contribution in [-0.4, -0.2) is 38.1 Å². The Morgan fingerprint density at radius 1 is 1.33 bits per heavy atom. The molecule has 0 fully saturated rings. The molecule has 1 N–H and O–H groups in total. The van der Waals surface area contributed by atoms with E-state index in [0.29, 0.717) is 16.6 Å². The molecule has 0 radical (unpaired) electrons. The number of anilines is 1. The fraction of sp³-hybridized carbons (Fsp3) is 0.294. The number of hydrogen-bond acceptors (Lipinski definition) is 8. The Hall–Kier alpha value is -3.56. The van der Waals surface area contributed by atoms with Gasteiger partial charge in [0.25, 0.3) is 11.5 Å². The molecule has 0 aliphatic heterocycles. The number of amides is 1. The molecular formula is C17H17N5O5. The van der Waals surface area contributed by atoms with Gasteiger partial charge in [-0.25, -0.2) is 4.68 Å². The minimum absolute atomic E-state index is 0.00879. The molecule has 10 nitrogen and oxygen atoms in total. The molecule has 10 heteroatoms. The summed E-state index contributed by atoms with van der Waals surface area (Å²) in [6.07, 6.45) is -1.17. The minimum Gasteiger partial charge on any atom is -0.452 e. The van der Waals surface area contributed by atoms with Crippen LogP contribution in [0, 0.1) is 6.92 Å². The summed E-state index contributed by atoms with van der Waals surface area (Å²) in [5.41, 5.74) is 0.742. The number of aryl methyl sites for hydroxylation is 2. The SMILES string of the molecule is Cc1cc(NC(=O)C(C)OC(=O)CCn2nnc3ccccc3c2=O)on1. The first kappa shape index (κ1) is 18.2. The quantitative estimate of drug-likeness (QED) is 0.637. The van der Waals surface area contributed by atoms with Crippen LogP contribution in [0.5, 0.6) is 0 Å². The van der Waals surface area contributed by atoms with E-state index in [1.54, 1.807) is 31.2 Å². The minimum atomic E-state index is -1.04. The summed E-state index contributed by atoms with van der Waals surface area (Å²) in [6.45, 7) is 3.13. The third-order valence-electron chi connectivity index (χ3n) is 3.71. The number of hydrogen-bond donors (Lipinski definition) is 1. The fourth-order valence-corrected chi connectivity index (χ4v) is 2.32. The van der Waals surface area contributed by atoms with Crippen LogP contribution in [0.2, 0.25) is 0 Å². The zero-order valence-corrected chi connectivity index (χ0v) is 14.7. The Bertz CT molecular complexity index is 1040. The second-order valence-electron chi connectivity index (χ2n) is 5.84. The van der Waals surface area contributed by atoms with Crippen molar-refractivity contribution in [2.45, 2.75) is 32.9 Å². The van der Waals surface area contributed by atoms with Crippen molar-refractivity contribution >= 4 is 28.7 Å². The lowest BCUT2D eigenvalue weighted by atomic mass is 10.2. The average molecular weight is 371 g/mol. The molecule has 1 aromatic carbocycles. The van der Waals surface area contributed by atoms with E-state index in [2.05, 4.69) is 20.8 Å². The molecule has 0 saturated heterocycles. The van der Waals surface area contributed by atoms with Gasteiger partial charge in [0, 0.05) is 6.07 Å². The monoisotopic (exact) mass is 371 g/mol. The average Bonchev–Trinajstić information content (AvgIpc) is 3.06. The van der Waals surface area contributed by atoms with Crippen LogP contribution in [0.3, 0.4) is 0 Å². The third kappa shape index (κ3) is 4.35. The molecule has 0 aliphatic rings. The first-order chi connectivity index (χ1) is 12.9. The van der Waals surface area contributed by atoms with Gasteiger partial charge in [0.05, 0.1) is 24.0 Å². The number of nitrogens with one attached hydrogen (secondary N) is 1. The van der Waals surface area contributed by atoms with Crippen LogP contribution < -0.4 is 10.9 Å². The van der Waals surface area contributed by atoms with Gasteiger partial charge in [-0.1, -0.05) is 22.5 Å². The highest BCUT2D eigenvalue weighted by atomic mass is 16.5. The molecule has 27 heavy (non-hydrogen) atoms. The van der Waals surface area contributed by atoms with E-state index in [-0.39, 0.29) is 24.4 Å². The molecule has 0 bridgehead atoms. The topological polar surface area (TPSA) is 129 Å². The zero-order chi connectivity index (χ0) is 19.4. The molecule has 3 aromatic rings. The number of benzene rings is 1. The van der Waals surface area contributed by atoms with E-state index in [1.807, 2.05) is 0 Å². The van der Waals surface area contributed by atoms with Crippen LogP contribution in [0.25, 0.3) is 10.9 Å². The van der Waals surface area contributed by atoms with E-state index in [4.69, 9.17) is 9.26 Å². The van der Waals surface area contributed by atoms with Crippen LogP contribution in [0.1, 0.15) is 19.0 Å². The van der Waals surface area contributed by atoms with Gasteiger partial charge in [-0.05, 0) is 26.0 Å². The van der Waals surface area contributed by atoms with Crippen molar-refractivity contribution in [1.82, 2.24) is 20.2 Å². The Morgan fingerprint density at radius 3 is 2.85 bits per heavy atom. The summed E-state index contributed by atoms with van der Waals surface area (Å²) in [4.78, 5) is 36.2. The van der Waals surface area contributed by atoms with Crippen molar-refractivity contribution in [3.63, 3.8) is 0 Å². The highest BCUT2D eigenvalue weighted by Gasteiger charge is 2.19. The molecule has 1 atom stereocenters. The molecule has 0 spiro atoms. The van der Waals surface area contributed by atoms with Crippen molar-refractivity contribution in [1.29, 1.82) is 0 Å². The van der Waals surface area contributed by atoms with Crippen molar-refractivity contribution in [3.8, 4) is 0 Å². The first-order valence-electron chi connectivity index (χ1n) is 8.20. The molecule has 3 rings (SSSR count). The molecule has 2 heterocycles. The Labute approximate surface area is 153 Å². The zero-order valence-electron chi connectivity index (χ0n) is 14.7. The summed E-state index contributed by atoms with van der Waals surface area (Å²) < 4.78 is 11.0. The van der Waals surface area contributed by atoms with Gasteiger partial charge in [-0.2, -0.15) is 0 Å². The molecule has 1 unspecified atom stereocenters. The summed E-state index contributed by atoms with van der Waals surface area (Å²) >= 11 is 0. The summed E-state index contributed by atoms with van der Waals surface area (Å²) in [7, 11) is 0.